The van der Waals surface area contributed by atoms with E-state index < -0.39 is 10.8 Å². The minimum absolute atomic E-state index is 0.255. The quantitative estimate of drug-likeness (QED) is 0.557. The average molecular weight is 276 g/mol. The maximum atomic E-state index is 11.2. The lowest BCUT2D eigenvalue weighted by atomic mass is 10.1. The highest BCUT2D eigenvalue weighted by Crippen LogP contribution is 2.22. The van der Waals surface area contributed by atoms with Gasteiger partial charge in [0.1, 0.15) is 5.02 Å². The summed E-state index contributed by atoms with van der Waals surface area (Å²) in [6.07, 6.45) is 3.21. The molecule has 0 amide bonds. The Balaban J connectivity index is 2.04. The topological polar surface area (TPSA) is 92.9 Å². The van der Waals surface area contributed by atoms with Gasteiger partial charge in [-0.25, -0.2) is 10.8 Å². The van der Waals surface area contributed by atoms with Gasteiger partial charge < -0.3 is 5.32 Å². The summed E-state index contributed by atoms with van der Waals surface area (Å²) in [5.74, 6) is 7.56. The third-order valence-corrected chi connectivity index (χ3v) is 4.26. The van der Waals surface area contributed by atoms with Crippen LogP contribution in [0.5, 0.6) is 0 Å². The van der Waals surface area contributed by atoms with Gasteiger partial charge in [-0.2, -0.15) is 4.98 Å². The number of hydrazine groups is 1. The van der Waals surface area contributed by atoms with Crippen LogP contribution in [0.25, 0.3) is 0 Å². The van der Waals surface area contributed by atoms with E-state index in [1.165, 1.54) is 6.20 Å². The number of nitrogens with two attached hydrogens (primary N) is 1. The Morgan fingerprint density at radius 3 is 2.82 bits per heavy atom. The van der Waals surface area contributed by atoms with Crippen LogP contribution in [-0.4, -0.2) is 31.7 Å². The molecule has 1 aromatic heterocycles. The number of hydrogen-bond donors (Lipinski definition) is 3. The number of nitrogens with one attached hydrogen (secondary N) is 2. The first-order valence-electron chi connectivity index (χ1n) is 5.29. The van der Waals surface area contributed by atoms with Gasteiger partial charge in [0.25, 0.3) is 0 Å². The molecular weight excluding hydrogens is 262 g/mol. The second-order valence-electron chi connectivity index (χ2n) is 3.80. The molecule has 1 aromatic rings. The molecule has 0 bridgehead atoms. The Morgan fingerprint density at radius 2 is 2.18 bits per heavy atom. The van der Waals surface area contributed by atoms with Crippen molar-refractivity contribution in [3.05, 3.63) is 11.2 Å². The summed E-state index contributed by atoms with van der Waals surface area (Å²) in [5, 5.41) is 3.69. The van der Waals surface area contributed by atoms with E-state index in [0.717, 1.165) is 24.3 Å². The molecule has 2 heterocycles. The summed E-state index contributed by atoms with van der Waals surface area (Å²) in [4.78, 5) is 8.03. The second-order valence-corrected chi connectivity index (χ2v) is 5.90. The molecule has 8 heteroatoms. The number of hydrogen-bond acceptors (Lipinski definition) is 6. The van der Waals surface area contributed by atoms with E-state index in [2.05, 4.69) is 20.7 Å². The summed E-state index contributed by atoms with van der Waals surface area (Å²) in [5.41, 5.74) is 2.37. The molecule has 0 spiro atoms. The molecule has 0 aromatic carbocycles. The van der Waals surface area contributed by atoms with Crippen LogP contribution in [-0.2, 0) is 10.8 Å². The van der Waals surface area contributed by atoms with Gasteiger partial charge in [0.2, 0.25) is 5.95 Å². The van der Waals surface area contributed by atoms with Crippen molar-refractivity contribution in [1.82, 2.24) is 9.97 Å². The Bertz CT molecular complexity index is 420. The molecule has 94 valence electrons. The zero-order chi connectivity index (χ0) is 12.3. The molecule has 2 rings (SSSR count). The summed E-state index contributed by atoms with van der Waals surface area (Å²) in [7, 11) is -0.668. The van der Waals surface area contributed by atoms with Crippen LogP contribution in [0.4, 0.5) is 11.8 Å². The van der Waals surface area contributed by atoms with E-state index in [-0.39, 0.29) is 6.04 Å². The lowest BCUT2D eigenvalue weighted by molar-refractivity contribution is 0.622. The first-order valence-corrected chi connectivity index (χ1v) is 7.16. The van der Waals surface area contributed by atoms with Gasteiger partial charge in [0.15, 0.2) is 5.82 Å². The molecule has 1 aliphatic heterocycles. The third-order valence-electron chi connectivity index (χ3n) is 2.60. The molecule has 0 aliphatic carbocycles. The molecule has 0 unspecified atom stereocenters. The van der Waals surface area contributed by atoms with E-state index in [1.54, 1.807) is 0 Å². The number of nitrogen functional groups attached to an aromatic ring is 1. The Labute approximate surface area is 107 Å². The highest BCUT2D eigenvalue weighted by molar-refractivity contribution is 7.85. The summed E-state index contributed by atoms with van der Waals surface area (Å²) < 4.78 is 11.2. The molecular formula is C9H14ClN5OS. The van der Waals surface area contributed by atoms with E-state index in [1.807, 2.05) is 0 Å². The van der Waals surface area contributed by atoms with Crippen molar-refractivity contribution in [1.29, 1.82) is 0 Å². The van der Waals surface area contributed by atoms with E-state index in [9.17, 15) is 4.21 Å². The van der Waals surface area contributed by atoms with Gasteiger partial charge in [-0.1, -0.05) is 11.6 Å². The van der Waals surface area contributed by atoms with Crippen LogP contribution in [0, 0.1) is 0 Å². The highest BCUT2D eigenvalue weighted by Gasteiger charge is 2.19. The maximum absolute atomic E-state index is 11.2. The number of halogens is 1. The second kappa shape index (κ2) is 5.61. The smallest absolute Gasteiger partial charge is 0.239 e. The molecule has 6 nitrogen and oxygen atoms in total. The van der Waals surface area contributed by atoms with Crippen molar-refractivity contribution in [3.63, 3.8) is 0 Å². The molecule has 1 saturated heterocycles. The molecule has 1 fully saturated rings. The maximum Gasteiger partial charge on any atom is 0.239 e. The third kappa shape index (κ3) is 3.27. The zero-order valence-corrected chi connectivity index (χ0v) is 10.7. The van der Waals surface area contributed by atoms with Gasteiger partial charge in [0, 0.05) is 28.3 Å². The lowest BCUT2D eigenvalue weighted by Crippen LogP contribution is -2.30. The molecule has 0 saturated carbocycles. The van der Waals surface area contributed by atoms with Crippen LogP contribution in [0.15, 0.2) is 6.20 Å². The normalized spacial score (nSPS) is 24.4. The van der Waals surface area contributed by atoms with Gasteiger partial charge in [-0.05, 0) is 12.8 Å². The molecule has 4 N–H and O–H groups in total. The lowest BCUT2D eigenvalue weighted by Gasteiger charge is -2.23. The van der Waals surface area contributed by atoms with E-state index in [4.69, 9.17) is 17.4 Å². The fourth-order valence-electron chi connectivity index (χ4n) is 1.67. The van der Waals surface area contributed by atoms with Gasteiger partial charge >= 0.3 is 0 Å². The average Bonchev–Trinajstić information content (AvgIpc) is 2.35. The van der Waals surface area contributed by atoms with Crippen molar-refractivity contribution in [3.8, 4) is 0 Å². The van der Waals surface area contributed by atoms with Gasteiger partial charge in [-0.3, -0.25) is 9.63 Å². The number of anilines is 2. The monoisotopic (exact) mass is 275 g/mol. The zero-order valence-electron chi connectivity index (χ0n) is 9.15. The van der Waals surface area contributed by atoms with Crippen LogP contribution in [0.1, 0.15) is 12.8 Å². The first-order chi connectivity index (χ1) is 8.19. The molecule has 17 heavy (non-hydrogen) atoms. The van der Waals surface area contributed by atoms with Crippen LogP contribution < -0.4 is 16.6 Å². The SMILES string of the molecule is NNc1ncc(Cl)c(NC2CCS(=O)CC2)n1. The minimum Gasteiger partial charge on any atom is -0.366 e. The summed E-state index contributed by atoms with van der Waals surface area (Å²) in [6, 6.07) is 0.255. The summed E-state index contributed by atoms with van der Waals surface area (Å²) in [6.45, 7) is 0. The van der Waals surface area contributed by atoms with Crippen molar-refractivity contribution in [2.24, 2.45) is 5.84 Å². The molecule has 1 aliphatic rings. The number of nitrogens with zero attached hydrogens (tertiary/aromatic N) is 2. The van der Waals surface area contributed by atoms with Gasteiger partial charge in [-0.15, -0.1) is 0 Å². The molecule has 0 atom stereocenters. The fraction of sp³-hybridized carbons (Fsp3) is 0.556. The molecule has 0 radical (unpaired) electrons. The van der Waals surface area contributed by atoms with Crippen molar-refractivity contribution in [2.45, 2.75) is 18.9 Å². The summed E-state index contributed by atoms with van der Waals surface area (Å²) >= 11 is 5.98. The largest absolute Gasteiger partial charge is 0.366 e. The number of rotatable bonds is 3. The Hall–Kier alpha value is -0.920. The van der Waals surface area contributed by atoms with Crippen molar-refractivity contribution in [2.75, 3.05) is 22.2 Å². The Kier molecular flexibility index (Phi) is 4.14. The highest BCUT2D eigenvalue weighted by atomic mass is 35.5. The predicted molar refractivity (Wildman–Crippen MR) is 69.4 cm³/mol. The number of aromatic nitrogens is 2. The van der Waals surface area contributed by atoms with E-state index >= 15 is 0 Å². The standard InChI is InChI=1S/C9H14ClN5OS/c10-7-5-12-9(15-11)14-8(7)13-6-1-3-17(16)4-2-6/h5-6H,1-4,11H2,(H2,12,13,14,15). The van der Waals surface area contributed by atoms with Crippen molar-refractivity contribution >= 4 is 34.2 Å². The van der Waals surface area contributed by atoms with Crippen LogP contribution in [0.3, 0.4) is 0 Å². The predicted octanol–water partition coefficient (Wildman–Crippen LogP) is 0.739. The van der Waals surface area contributed by atoms with E-state index in [0.29, 0.717) is 16.8 Å². The van der Waals surface area contributed by atoms with Crippen LogP contribution >= 0.6 is 11.6 Å². The first kappa shape index (κ1) is 12.5. The van der Waals surface area contributed by atoms with Crippen molar-refractivity contribution < 1.29 is 4.21 Å². The van der Waals surface area contributed by atoms with Gasteiger partial charge in [0.05, 0.1) is 6.20 Å². The Morgan fingerprint density at radius 1 is 1.47 bits per heavy atom. The van der Waals surface area contributed by atoms with Crippen LogP contribution in [0.2, 0.25) is 5.02 Å². The minimum atomic E-state index is -0.668. The fourth-order valence-corrected chi connectivity index (χ4v) is 3.11.